The van der Waals surface area contributed by atoms with E-state index in [0.29, 0.717) is 5.92 Å². The molecule has 90 valence electrons. The maximum atomic E-state index is 12.9. The van der Waals surface area contributed by atoms with Gasteiger partial charge in [-0.2, -0.15) is 5.10 Å². The van der Waals surface area contributed by atoms with Crippen molar-refractivity contribution in [2.45, 2.75) is 25.1 Å². The fourth-order valence-corrected chi connectivity index (χ4v) is 2.33. The molecule has 0 unspecified atom stereocenters. The molecule has 4 heteroatoms. The predicted octanol–water partition coefficient (Wildman–Crippen LogP) is 4.03. The Balaban J connectivity index is 2.51. The van der Waals surface area contributed by atoms with Crippen molar-refractivity contribution in [1.82, 2.24) is 9.78 Å². The molecule has 0 bridgehead atoms. The number of nitrogens with zero attached hydrogens (tertiary/aromatic N) is 2. The number of aromatic nitrogens is 2. The van der Waals surface area contributed by atoms with Crippen LogP contribution >= 0.6 is 15.9 Å². The number of alkyl halides is 1. The number of hydrogen-bond acceptors (Lipinski definition) is 1. The first-order chi connectivity index (χ1) is 8.13. The fraction of sp³-hybridized carbons (Fsp3) is 0.308. The molecule has 0 atom stereocenters. The minimum Gasteiger partial charge on any atom is -0.237 e. The first-order valence-corrected chi connectivity index (χ1v) is 6.64. The molecule has 0 aliphatic carbocycles. The maximum absolute atomic E-state index is 12.9. The van der Waals surface area contributed by atoms with E-state index in [1.165, 1.54) is 17.7 Å². The average molecular weight is 297 g/mol. The lowest BCUT2D eigenvalue weighted by Crippen LogP contribution is -2.05. The summed E-state index contributed by atoms with van der Waals surface area (Å²) in [5.41, 5.74) is 3.22. The van der Waals surface area contributed by atoms with Crippen molar-refractivity contribution in [3.63, 3.8) is 0 Å². The van der Waals surface area contributed by atoms with Gasteiger partial charge in [-0.25, -0.2) is 9.07 Å². The Hall–Kier alpha value is -1.16. The van der Waals surface area contributed by atoms with E-state index in [9.17, 15) is 4.39 Å². The number of halogens is 2. The molecule has 17 heavy (non-hydrogen) atoms. The lowest BCUT2D eigenvalue weighted by molar-refractivity contribution is 0.626. The largest absolute Gasteiger partial charge is 0.237 e. The van der Waals surface area contributed by atoms with Gasteiger partial charge in [0.2, 0.25) is 0 Å². The van der Waals surface area contributed by atoms with Crippen LogP contribution in [0.4, 0.5) is 4.39 Å². The molecule has 0 aliphatic heterocycles. The van der Waals surface area contributed by atoms with Crippen LogP contribution in [0.1, 0.15) is 31.0 Å². The SMILES string of the molecule is CC(C)c1c(CBr)cnn1-c1ccc(F)cc1. The summed E-state index contributed by atoms with van der Waals surface area (Å²) >= 11 is 3.46. The van der Waals surface area contributed by atoms with Gasteiger partial charge in [0, 0.05) is 10.9 Å². The molecule has 0 N–H and O–H groups in total. The van der Waals surface area contributed by atoms with Gasteiger partial charge in [0.1, 0.15) is 5.82 Å². The molecule has 0 spiro atoms. The Morgan fingerprint density at radius 3 is 2.47 bits per heavy atom. The zero-order chi connectivity index (χ0) is 12.4. The van der Waals surface area contributed by atoms with Crippen LogP contribution in [-0.4, -0.2) is 9.78 Å². The summed E-state index contributed by atoms with van der Waals surface area (Å²) < 4.78 is 14.8. The highest BCUT2D eigenvalue weighted by Crippen LogP contribution is 2.24. The Morgan fingerprint density at radius 2 is 1.94 bits per heavy atom. The third-order valence-corrected chi connectivity index (χ3v) is 3.25. The van der Waals surface area contributed by atoms with E-state index in [2.05, 4.69) is 34.9 Å². The average Bonchev–Trinajstić information content (AvgIpc) is 2.73. The molecule has 0 fully saturated rings. The van der Waals surface area contributed by atoms with Gasteiger partial charge in [-0.15, -0.1) is 0 Å². The second kappa shape index (κ2) is 5.00. The summed E-state index contributed by atoms with van der Waals surface area (Å²) in [7, 11) is 0. The van der Waals surface area contributed by atoms with Crippen molar-refractivity contribution in [1.29, 1.82) is 0 Å². The van der Waals surface area contributed by atoms with Crippen LogP contribution in [0.25, 0.3) is 5.69 Å². The van der Waals surface area contributed by atoms with Crippen molar-refractivity contribution in [2.24, 2.45) is 0 Å². The minimum absolute atomic E-state index is 0.229. The minimum atomic E-state index is -0.229. The monoisotopic (exact) mass is 296 g/mol. The van der Waals surface area contributed by atoms with Gasteiger partial charge in [0.15, 0.2) is 0 Å². The maximum Gasteiger partial charge on any atom is 0.123 e. The molecule has 2 nitrogen and oxygen atoms in total. The summed E-state index contributed by atoms with van der Waals surface area (Å²) in [4.78, 5) is 0. The van der Waals surface area contributed by atoms with Gasteiger partial charge in [0.25, 0.3) is 0 Å². The van der Waals surface area contributed by atoms with Crippen LogP contribution in [-0.2, 0) is 5.33 Å². The van der Waals surface area contributed by atoms with Crippen molar-refractivity contribution in [3.8, 4) is 5.69 Å². The summed E-state index contributed by atoms with van der Waals surface area (Å²) in [5.74, 6) is 0.142. The van der Waals surface area contributed by atoms with Crippen molar-refractivity contribution < 1.29 is 4.39 Å². The number of rotatable bonds is 3. The molecule has 2 aromatic rings. The van der Waals surface area contributed by atoms with Crippen LogP contribution in [0.3, 0.4) is 0 Å². The zero-order valence-electron chi connectivity index (χ0n) is 9.82. The molecule has 1 aromatic carbocycles. The first kappa shape index (κ1) is 12.3. The lowest BCUT2D eigenvalue weighted by Gasteiger charge is -2.12. The molecule has 1 heterocycles. The highest BCUT2D eigenvalue weighted by molar-refractivity contribution is 9.08. The van der Waals surface area contributed by atoms with E-state index < -0.39 is 0 Å². The van der Waals surface area contributed by atoms with E-state index >= 15 is 0 Å². The Labute approximate surface area is 109 Å². The van der Waals surface area contributed by atoms with Gasteiger partial charge >= 0.3 is 0 Å². The number of benzene rings is 1. The van der Waals surface area contributed by atoms with Crippen LogP contribution in [0, 0.1) is 5.82 Å². The number of hydrogen-bond donors (Lipinski definition) is 0. The van der Waals surface area contributed by atoms with Crippen molar-refractivity contribution in [2.75, 3.05) is 0 Å². The van der Waals surface area contributed by atoms with Gasteiger partial charge in [-0.1, -0.05) is 29.8 Å². The van der Waals surface area contributed by atoms with E-state index in [0.717, 1.165) is 16.7 Å². The Kier molecular flexibility index (Phi) is 3.62. The van der Waals surface area contributed by atoms with E-state index in [1.54, 1.807) is 12.1 Å². The molecular formula is C13H14BrFN2. The second-order valence-electron chi connectivity index (χ2n) is 4.23. The van der Waals surface area contributed by atoms with Crippen LogP contribution in [0.2, 0.25) is 0 Å². The van der Waals surface area contributed by atoms with E-state index in [4.69, 9.17) is 0 Å². The zero-order valence-corrected chi connectivity index (χ0v) is 11.4. The second-order valence-corrected chi connectivity index (χ2v) is 4.79. The quantitative estimate of drug-likeness (QED) is 0.782. The highest BCUT2D eigenvalue weighted by Gasteiger charge is 2.14. The Morgan fingerprint density at radius 1 is 1.29 bits per heavy atom. The molecule has 2 rings (SSSR count). The standard InChI is InChI=1S/C13H14BrFN2/c1-9(2)13-10(7-14)8-16-17(13)12-5-3-11(15)4-6-12/h3-6,8-9H,7H2,1-2H3. The van der Waals surface area contributed by atoms with Crippen molar-refractivity contribution in [3.05, 3.63) is 47.5 Å². The molecule has 1 aromatic heterocycles. The van der Waals surface area contributed by atoms with Crippen molar-refractivity contribution >= 4 is 15.9 Å². The van der Waals surface area contributed by atoms with Gasteiger partial charge in [-0.3, -0.25) is 0 Å². The third-order valence-electron chi connectivity index (χ3n) is 2.65. The van der Waals surface area contributed by atoms with Crippen LogP contribution in [0.5, 0.6) is 0 Å². The van der Waals surface area contributed by atoms with E-state index in [1.807, 2.05) is 10.9 Å². The third kappa shape index (κ3) is 2.41. The summed E-state index contributed by atoms with van der Waals surface area (Å²) in [6.07, 6.45) is 1.85. The topological polar surface area (TPSA) is 17.8 Å². The first-order valence-electron chi connectivity index (χ1n) is 5.52. The molecule has 0 radical (unpaired) electrons. The van der Waals surface area contributed by atoms with E-state index in [-0.39, 0.29) is 5.82 Å². The molecule has 0 amide bonds. The predicted molar refractivity (Wildman–Crippen MR) is 70.2 cm³/mol. The van der Waals surface area contributed by atoms with Gasteiger partial charge in [0.05, 0.1) is 17.6 Å². The molecule has 0 aliphatic rings. The molecule has 0 saturated carbocycles. The molecular weight excluding hydrogens is 283 g/mol. The van der Waals surface area contributed by atoms with Gasteiger partial charge < -0.3 is 0 Å². The highest BCUT2D eigenvalue weighted by atomic mass is 79.9. The lowest BCUT2D eigenvalue weighted by atomic mass is 10.1. The fourth-order valence-electron chi connectivity index (χ4n) is 1.90. The van der Waals surface area contributed by atoms with Gasteiger partial charge in [-0.05, 0) is 30.2 Å². The molecule has 0 saturated heterocycles. The normalized spacial score (nSPS) is 11.1. The summed E-state index contributed by atoms with van der Waals surface area (Å²) in [6.45, 7) is 4.26. The smallest absolute Gasteiger partial charge is 0.123 e. The summed E-state index contributed by atoms with van der Waals surface area (Å²) in [6, 6.07) is 6.39. The van der Waals surface area contributed by atoms with Crippen LogP contribution < -0.4 is 0 Å². The summed E-state index contributed by atoms with van der Waals surface area (Å²) in [5, 5.41) is 5.15. The Bertz CT molecular complexity index is 503. The van der Waals surface area contributed by atoms with Crippen LogP contribution in [0.15, 0.2) is 30.5 Å².